The average Bonchev–Trinajstić information content (AvgIpc) is 2.41. The van der Waals surface area contributed by atoms with Gasteiger partial charge in [-0.2, -0.15) is 0 Å². The third kappa shape index (κ3) is 2.43. The van der Waals surface area contributed by atoms with Gasteiger partial charge >= 0.3 is 0 Å². The van der Waals surface area contributed by atoms with E-state index >= 15 is 0 Å². The lowest BCUT2D eigenvalue weighted by atomic mass is 9.92. The molecule has 0 saturated heterocycles. The summed E-state index contributed by atoms with van der Waals surface area (Å²) >= 11 is 0. The summed E-state index contributed by atoms with van der Waals surface area (Å²) in [6.07, 6.45) is 0. The molecule has 0 aromatic heterocycles. The first-order valence-corrected chi connectivity index (χ1v) is 6.11. The molecule has 2 nitrogen and oxygen atoms in total. The van der Waals surface area contributed by atoms with Crippen LogP contribution in [0.25, 0.3) is 0 Å². The van der Waals surface area contributed by atoms with Crippen LogP contribution in [0.2, 0.25) is 0 Å². The predicted octanol–water partition coefficient (Wildman–Crippen LogP) is 4.04. The summed E-state index contributed by atoms with van der Waals surface area (Å²) in [6, 6.07) is 17.8. The first-order valence-electron chi connectivity index (χ1n) is 6.11. The highest BCUT2D eigenvalue weighted by Gasteiger charge is 2.13. The zero-order chi connectivity index (χ0) is 13.0. The molecule has 92 valence electrons. The van der Waals surface area contributed by atoms with Crippen LogP contribution in [0, 0.1) is 0 Å². The molecular weight excluding hydrogens is 222 g/mol. The van der Waals surface area contributed by atoms with Gasteiger partial charge in [0.05, 0.1) is 0 Å². The van der Waals surface area contributed by atoms with Gasteiger partial charge in [0.15, 0.2) is 0 Å². The summed E-state index contributed by atoms with van der Waals surface area (Å²) in [6.45, 7) is 4.28. The van der Waals surface area contributed by atoms with Crippen molar-refractivity contribution in [3.63, 3.8) is 0 Å². The molecule has 0 aliphatic carbocycles. The van der Waals surface area contributed by atoms with Crippen LogP contribution in [-0.2, 0) is 0 Å². The lowest BCUT2D eigenvalue weighted by Gasteiger charge is -2.13. The summed E-state index contributed by atoms with van der Waals surface area (Å²) in [5.41, 5.74) is 3.73. The average molecular weight is 239 g/mol. The van der Waals surface area contributed by atoms with Gasteiger partial charge in [-0.15, -0.1) is 0 Å². The topological polar surface area (TPSA) is 32.6 Å². The molecule has 0 bridgehead atoms. The van der Waals surface area contributed by atoms with Crippen molar-refractivity contribution in [3.05, 3.63) is 71.3 Å². The first-order chi connectivity index (χ1) is 8.74. The quantitative estimate of drug-likeness (QED) is 0.489. The van der Waals surface area contributed by atoms with Gasteiger partial charge in [0.2, 0.25) is 0 Å². The van der Waals surface area contributed by atoms with Crippen molar-refractivity contribution in [1.82, 2.24) is 0 Å². The molecule has 0 aliphatic heterocycles. The monoisotopic (exact) mass is 239 g/mol. The van der Waals surface area contributed by atoms with Gasteiger partial charge in [-0.05, 0) is 11.5 Å². The van der Waals surface area contributed by atoms with Crippen LogP contribution < -0.4 is 0 Å². The van der Waals surface area contributed by atoms with Crippen LogP contribution >= 0.6 is 0 Å². The Hall–Kier alpha value is -2.09. The minimum absolute atomic E-state index is 0.390. The molecule has 0 amide bonds. The van der Waals surface area contributed by atoms with Crippen LogP contribution in [-0.4, -0.2) is 10.9 Å². The highest BCUT2D eigenvalue weighted by molar-refractivity contribution is 6.13. The van der Waals surface area contributed by atoms with E-state index in [9.17, 15) is 5.21 Å². The van der Waals surface area contributed by atoms with E-state index in [0.717, 1.165) is 11.1 Å². The minimum Gasteiger partial charge on any atom is -0.410 e. The smallest absolute Gasteiger partial charge is 0.117 e. The lowest BCUT2D eigenvalue weighted by Crippen LogP contribution is -2.07. The highest BCUT2D eigenvalue weighted by Crippen LogP contribution is 2.22. The number of hydrogen-bond donors (Lipinski definition) is 1. The maximum absolute atomic E-state index is 9.33. The predicted molar refractivity (Wildman–Crippen MR) is 74.4 cm³/mol. The standard InChI is InChI=1S/C16H17NO/c1-12(2)14-10-6-7-11-15(14)16(17-18)13-8-4-3-5-9-13/h3-12,18H,1-2H3/b17-16+. The molecule has 0 radical (unpaired) electrons. The Kier molecular flexibility index (Phi) is 3.78. The Morgan fingerprint density at radius 2 is 1.56 bits per heavy atom. The summed E-state index contributed by atoms with van der Waals surface area (Å²) in [5.74, 6) is 0.390. The van der Waals surface area contributed by atoms with Crippen molar-refractivity contribution in [2.45, 2.75) is 19.8 Å². The molecule has 0 saturated carbocycles. The van der Waals surface area contributed by atoms with Crippen LogP contribution in [0.4, 0.5) is 0 Å². The Morgan fingerprint density at radius 1 is 0.944 bits per heavy atom. The number of rotatable bonds is 3. The highest BCUT2D eigenvalue weighted by atomic mass is 16.4. The molecule has 18 heavy (non-hydrogen) atoms. The first kappa shape index (κ1) is 12.4. The van der Waals surface area contributed by atoms with Crippen molar-refractivity contribution in [3.8, 4) is 0 Å². The molecule has 2 rings (SSSR count). The molecule has 0 unspecified atom stereocenters. The minimum atomic E-state index is 0.390. The second-order valence-electron chi connectivity index (χ2n) is 4.56. The molecule has 1 N–H and O–H groups in total. The zero-order valence-electron chi connectivity index (χ0n) is 10.7. The van der Waals surface area contributed by atoms with Crippen molar-refractivity contribution in [2.24, 2.45) is 5.16 Å². The molecule has 2 aromatic rings. The van der Waals surface area contributed by atoms with E-state index < -0.39 is 0 Å². The number of oxime groups is 1. The van der Waals surface area contributed by atoms with Crippen LogP contribution in [0.5, 0.6) is 0 Å². The molecule has 0 fully saturated rings. The maximum Gasteiger partial charge on any atom is 0.117 e. The van der Waals surface area contributed by atoms with E-state index in [1.807, 2.05) is 48.5 Å². The van der Waals surface area contributed by atoms with Gasteiger partial charge in [0.25, 0.3) is 0 Å². The van der Waals surface area contributed by atoms with E-state index in [2.05, 4.69) is 25.1 Å². The number of hydrogen-bond acceptors (Lipinski definition) is 2. The van der Waals surface area contributed by atoms with Gasteiger partial charge < -0.3 is 5.21 Å². The van der Waals surface area contributed by atoms with Crippen molar-refractivity contribution in [1.29, 1.82) is 0 Å². The second kappa shape index (κ2) is 5.50. The molecule has 0 heterocycles. The Morgan fingerprint density at radius 3 is 2.17 bits per heavy atom. The molecule has 0 atom stereocenters. The number of nitrogens with zero attached hydrogens (tertiary/aromatic N) is 1. The van der Waals surface area contributed by atoms with Crippen molar-refractivity contribution < 1.29 is 5.21 Å². The van der Waals surface area contributed by atoms with Gasteiger partial charge in [0.1, 0.15) is 5.71 Å². The van der Waals surface area contributed by atoms with Crippen molar-refractivity contribution >= 4 is 5.71 Å². The van der Waals surface area contributed by atoms with E-state index in [1.165, 1.54) is 5.56 Å². The second-order valence-corrected chi connectivity index (χ2v) is 4.56. The lowest BCUT2D eigenvalue weighted by molar-refractivity contribution is 0.319. The summed E-state index contributed by atoms with van der Waals surface area (Å²) < 4.78 is 0. The fourth-order valence-corrected chi connectivity index (χ4v) is 2.08. The largest absolute Gasteiger partial charge is 0.410 e. The molecule has 0 aliphatic rings. The number of benzene rings is 2. The van der Waals surface area contributed by atoms with Gasteiger partial charge in [0, 0.05) is 11.1 Å². The Labute approximate surface area is 108 Å². The SMILES string of the molecule is CC(C)c1ccccc1/C(=N/O)c1ccccc1. The van der Waals surface area contributed by atoms with E-state index in [0.29, 0.717) is 11.6 Å². The van der Waals surface area contributed by atoms with Crippen LogP contribution in [0.1, 0.15) is 36.5 Å². The Balaban J connectivity index is 2.54. The van der Waals surface area contributed by atoms with Crippen molar-refractivity contribution in [2.75, 3.05) is 0 Å². The van der Waals surface area contributed by atoms with Gasteiger partial charge in [-0.1, -0.05) is 73.6 Å². The van der Waals surface area contributed by atoms with E-state index in [-0.39, 0.29) is 0 Å². The normalized spacial score (nSPS) is 11.8. The summed E-state index contributed by atoms with van der Waals surface area (Å²) in [7, 11) is 0. The zero-order valence-corrected chi connectivity index (χ0v) is 10.7. The molecular formula is C16H17NO. The molecule has 2 aromatic carbocycles. The van der Waals surface area contributed by atoms with Gasteiger partial charge in [-0.3, -0.25) is 0 Å². The fourth-order valence-electron chi connectivity index (χ4n) is 2.08. The third-order valence-electron chi connectivity index (χ3n) is 2.99. The van der Waals surface area contributed by atoms with Crippen LogP contribution in [0.3, 0.4) is 0 Å². The van der Waals surface area contributed by atoms with Gasteiger partial charge in [-0.25, -0.2) is 0 Å². The summed E-state index contributed by atoms with van der Waals surface area (Å²) in [5, 5.41) is 12.8. The fraction of sp³-hybridized carbons (Fsp3) is 0.188. The third-order valence-corrected chi connectivity index (χ3v) is 2.99. The molecule has 0 spiro atoms. The van der Waals surface area contributed by atoms with Crippen LogP contribution in [0.15, 0.2) is 59.8 Å². The molecule has 2 heteroatoms. The maximum atomic E-state index is 9.33. The Bertz CT molecular complexity index is 544. The van der Waals surface area contributed by atoms with E-state index in [4.69, 9.17) is 0 Å². The van der Waals surface area contributed by atoms with E-state index in [1.54, 1.807) is 0 Å². The summed E-state index contributed by atoms with van der Waals surface area (Å²) in [4.78, 5) is 0.